The van der Waals surface area contributed by atoms with Gasteiger partial charge in [0.25, 0.3) is 0 Å². The number of aliphatic hydroxyl groups is 1. The fourth-order valence-electron chi connectivity index (χ4n) is 3.50. The summed E-state index contributed by atoms with van der Waals surface area (Å²) in [5.74, 6) is 0.913. The SMILES string of the molecule is CCN(CC)C[C@@H](O)CNC1=C2CC(OC)=CC=C2Nc2cc(Cl)ccc21. The molecule has 5 nitrogen and oxygen atoms in total. The Balaban J connectivity index is 1.86. The molecule has 0 aromatic heterocycles. The maximum absolute atomic E-state index is 10.5. The standard InChI is InChI=1S/C21H28ClN3O2/c1-4-25(5-2)13-15(26)12-23-21-17-8-6-14(22)10-20(17)24-19-9-7-16(27-3)11-18(19)21/h6-10,15,23-24,26H,4-5,11-13H2,1-3H3/t15-/m0/s1. The van der Waals surface area contributed by atoms with E-state index >= 15 is 0 Å². The Morgan fingerprint density at radius 3 is 2.78 bits per heavy atom. The fraction of sp³-hybridized carbons (Fsp3) is 0.429. The number of nitrogens with zero attached hydrogens (tertiary/aromatic N) is 1. The van der Waals surface area contributed by atoms with Crippen LogP contribution in [0.25, 0.3) is 5.70 Å². The van der Waals surface area contributed by atoms with E-state index in [1.54, 1.807) is 7.11 Å². The van der Waals surface area contributed by atoms with Crippen LogP contribution in [0.15, 0.2) is 47.4 Å². The van der Waals surface area contributed by atoms with Gasteiger partial charge in [-0.25, -0.2) is 0 Å². The molecule has 0 radical (unpaired) electrons. The lowest BCUT2D eigenvalue weighted by atomic mass is 9.92. The van der Waals surface area contributed by atoms with E-state index in [1.807, 2.05) is 30.4 Å². The van der Waals surface area contributed by atoms with Gasteiger partial charge >= 0.3 is 0 Å². The summed E-state index contributed by atoms with van der Waals surface area (Å²) >= 11 is 6.19. The van der Waals surface area contributed by atoms with Crippen LogP contribution in [-0.4, -0.2) is 49.4 Å². The van der Waals surface area contributed by atoms with Gasteiger partial charge < -0.3 is 25.4 Å². The van der Waals surface area contributed by atoms with E-state index < -0.39 is 6.10 Å². The number of fused-ring (bicyclic) bond motifs is 2. The Labute approximate surface area is 166 Å². The lowest BCUT2D eigenvalue weighted by Gasteiger charge is -2.31. The molecule has 1 aromatic rings. The minimum absolute atomic E-state index is 0.447. The van der Waals surface area contributed by atoms with Crippen LogP contribution in [0, 0.1) is 0 Å². The van der Waals surface area contributed by atoms with Crippen LogP contribution in [-0.2, 0) is 4.74 Å². The summed E-state index contributed by atoms with van der Waals surface area (Å²) in [5.41, 5.74) is 5.21. The maximum atomic E-state index is 10.5. The molecule has 146 valence electrons. The molecule has 1 heterocycles. The van der Waals surface area contributed by atoms with Gasteiger partial charge in [0, 0.05) is 52.8 Å². The Kier molecular flexibility index (Phi) is 6.47. The molecule has 0 unspecified atom stereocenters. The smallest absolute Gasteiger partial charge is 0.100 e. The third-order valence-corrected chi connectivity index (χ3v) is 5.31. The average molecular weight is 390 g/mol. The van der Waals surface area contributed by atoms with Gasteiger partial charge in [-0.15, -0.1) is 0 Å². The number of nitrogens with one attached hydrogen (secondary N) is 2. The van der Waals surface area contributed by atoms with Crippen molar-refractivity contribution in [1.29, 1.82) is 0 Å². The zero-order valence-electron chi connectivity index (χ0n) is 16.2. The van der Waals surface area contributed by atoms with E-state index in [4.69, 9.17) is 16.3 Å². The van der Waals surface area contributed by atoms with Crippen molar-refractivity contribution >= 4 is 23.0 Å². The molecule has 1 aliphatic carbocycles. The number of aliphatic hydroxyl groups excluding tert-OH is 1. The number of anilines is 1. The molecule has 1 atom stereocenters. The fourth-order valence-corrected chi connectivity index (χ4v) is 3.67. The van der Waals surface area contributed by atoms with Crippen LogP contribution in [0.5, 0.6) is 0 Å². The average Bonchev–Trinajstić information content (AvgIpc) is 2.68. The highest BCUT2D eigenvalue weighted by Crippen LogP contribution is 2.39. The van der Waals surface area contributed by atoms with Gasteiger partial charge in [-0.2, -0.15) is 0 Å². The van der Waals surface area contributed by atoms with E-state index in [0.717, 1.165) is 47.1 Å². The van der Waals surface area contributed by atoms with Crippen LogP contribution >= 0.6 is 11.6 Å². The Hall–Kier alpha value is -1.95. The molecule has 0 spiro atoms. The first-order chi connectivity index (χ1) is 13.0. The second kappa shape index (κ2) is 8.83. The lowest BCUT2D eigenvalue weighted by molar-refractivity contribution is 0.120. The van der Waals surface area contributed by atoms with Crippen molar-refractivity contribution in [2.45, 2.75) is 26.4 Å². The van der Waals surface area contributed by atoms with E-state index in [0.29, 0.717) is 24.5 Å². The van der Waals surface area contributed by atoms with E-state index in [9.17, 15) is 5.11 Å². The van der Waals surface area contributed by atoms with Gasteiger partial charge in [-0.3, -0.25) is 0 Å². The lowest BCUT2D eigenvalue weighted by Crippen LogP contribution is -2.38. The summed E-state index contributed by atoms with van der Waals surface area (Å²) in [6.45, 7) is 7.22. The molecule has 1 aliphatic heterocycles. The quantitative estimate of drug-likeness (QED) is 0.634. The van der Waals surface area contributed by atoms with Gasteiger partial charge in [0.1, 0.15) is 5.76 Å². The third-order valence-electron chi connectivity index (χ3n) is 5.07. The Morgan fingerprint density at radius 2 is 2.07 bits per heavy atom. The van der Waals surface area contributed by atoms with Crippen molar-refractivity contribution < 1.29 is 9.84 Å². The van der Waals surface area contributed by atoms with E-state index in [2.05, 4.69) is 29.4 Å². The second-order valence-corrected chi connectivity index (χ2v) is 7.22. The molecule has 0 bridgehead atoms. The van der Waals surface area contributed by atoms with Crippen LogP contribution in [0.1, 0.15) is 25.8 Å². The molecule has 1 aromatic carbocycles. The summed E-state index contributed by atoms with van der Waals surface area (Å²) in [6.07, 6.45) is 4.26. The molecule has 2 aliphatic rings. The van der Waals surface area contributed by atoms with Crippen LogP contribution < -0.4 is 10.6 Å². The number of hydrogen-bond donors (Lipinski definition) is 3. The zero-order valence-corrected chi connectivity index (χ0v) is 16.9. The van der Waals surface area contributed by atoms with Gasteiger partial charge in [0.2, 0.25) is 0 Å². The van der Waals surface area contributed by atoms with Crippen molar-refractivity contribution in [1.82, 2.24) is 10.2 Å². The molecule has 0 fully saturated rings. The molecule has 6 heteroatoms. The zero-order chi connectivity index (χ0) is 19.4. The summed E-state index contributed by atoms with van der Waals surface area (Å²) in [7, 11) is 1.69. The van der Waals surface area contributed by atoms with Gasteiger partial charge in [-0.05, 0) is 43.4 Å². The predicted molar refractivity (Wildman–Crippen MR) is 112 cm³/mol. The molecule has 0 amide bonds. The van der Waals surface area contributed by atoms with Crippen molar-refractivity contribution in [2.24, 2.45) is 0 Å². The molecule has 3 rings (SSSR count). The molecule has 27 heavy (non-hydrogen) atoms. The van der Waals surface area contributed by atoms with Crippen LogP contribution in [0.3, 0.4) is 0 Å². The third kappa shape index (κ3) is 4.49. The van der Waals surface area contributed by atoms with Gasteiger partial charge in [0.15, 0.2) is 0 Å². The van der Waals surface area contributed by atoms with Crippen molar-refractivity contribution in [3.8, 4) is 0 Å². The number of hydrogen-bond acceptors (Lipinski definition) is 5. The minimum atomic E-state index is -0.447. The number of rotatable bonds is 8. The monoisotopic (exact) mass is 389 g/mol. The summed E-state index contributed by atoms with van der Waals surface area (Å²) < 4.78 is 5.45. The summed E-state index contributed by atoms with van der Waals surface area (Å²) in [4.78, 5) is 2.22. The Bertz CT molecular complexity index is 782. The van der Waals surface area contributed by atoms with Crippen molar-refractivity contribution in [2.75, 3.05) is 38.6 Å². The first kappa shape index (κ1) is 19.8. The number of benzene rings is 1. The number of allylic oxidation sites excluding steroid dienone is 4. The molecular weight excluding hydrogens is 362 g/mol. The molecule has 0 saturated heterocycles. The van der Waals surface area contributed by atoms with Crippen molar-refractivity contribution in [3.05, 3.63) is 58.0 Å². The number of ether oxygens (including phenoxy) is 1. The van der Waals surface area contributed by atoms with Crippen molar-refractivity contribution in [3.63, 3.8) is 0 Å². The largest absolute Gasteiger partial charge is 0.501 e. The van der Waals surface area contributed by atoms with Gasteiger partial charge in [-0.1, -0.05) is 25.4 Å². The van der Waals surface area contributed by atoms with Crippen LogP contribution in [0.2, 0.25) is 5.02 Å². The number of methoxy groups -OCH3 is 1. The van der Waals surface area contributed by atoms with E-state index in [-0.39, 0.29) is 0 Å². The molecular formula is C21H28ClN3O2. The highest BCUT2D eigenvalue weighted by Gasteiger charge is 2.26. The number of halogens is 1. The van der Waals surface area contributed by atoms with Crippen LogP contribution in [0.4, 0.5) is 5.69 Å². The summed E-state index contributed by atoms with van der Waals surface area (Å²) in [5, 5.41) is 18.1. The molecule has 0 saturated carbocycles. The van der Waals surface area contributed by atoms with Gasteiger partial charge in [0.05, 0.1) is 13.2 Å². The topological polar surface area (TPSA) is 56.8 Å². The first-order valence-electron chi connectivity index (χ1n) is 9.45. The minimum Gasteiger partial charge on any atom is -0.501 e. The first-order valence-corrected chi connectivity index (χ1v) is 9.83. The predicted octanol–water partition coefficient (Wildman–Crippen LogP) is 3.59. The van der Waals surface area contributed by atoms with E-state index in [1.165, 1.54) is 0 Å². The highest BCUT2D eigenvalue weighted by atomic mass is 35.5. The maximum Gasteiger partial charge on any atom is 0.100 e. The highest BCUT2D eigenvalue weighted by molar-refractivity contribution is 6.31. The summed E-state index contributed by atoms with van der Waals surface area (Å²) in [6, 6.07) is 5.83. The second-order valence-electron chi connectivity index (χ2n) is 6.78. The normalized spacial score (nSPS) is 16.8. The molecule has 3 N–H and O–H groups in total. The Morgan fingerprint density at radius 1 is 1.30 bits per heavy atom. The number of likely N-dealkylation sites (N-methyl/N-ethyl adjacent to an activating group) is 1.